The largest absolute Gasteiger partial charge is 0.444 e. The van der Waals surface area contributed by atoms with Gasteiger partial charge < -0.3 is 10.1 Å². The molecule has 112 valence electrons. The Morgan fingerprint density at radius 3 is 2.50 bits per heavy atom. The van der Waals surface area contributed by atoms with E-state index in [4.69, 9.17) is 4.74 Å². The summed E-state index contributed by atoms with van der Waals surface area (Å²) >= 11 is 0. The molecule has 1 amide bonds. The van der Waals surface area contributed by atoms with Crippen LogP contribution >= 0.6 is 0 Å². The zero-order valence-corrected chi connectivity index (χ0v) is 12.5. The number of halogens is 1. The number of rotatable bonds is 5. The maximum absolute atomic E-state index is 13.8. The van der Waals surface area contributed by atoms with E-state index in [-0.39, 0.29) is 19.1 Å². The van der Waals surface area contributed by atoms with Crippen molar-refractivity contribution >= 4 is 6.09 Å². The van der Waals surface area contributed by atoms with Crippen LogP contribution in [0.15, 0.2) is 30.3 Å². The molecule has 20 heavy (non-hydrogen) atoms. The van der Waals surface area contributed by atoms with Gasteiger partial charge in [-0.15, -0.1) is 9.60 Å². The monoisotopic (exact) mass is 282 g/mol. The summed E-state index contributed by atoms with van der Waals surface area (Å²) in [5, 5.41) is 3.29. The summed E-state index contributed by atoms with van der Waals surface area (Å²) in [6.45, 7) is 7.40. The van der Waals surface area contributed by atoms with Gasteiger partial charge in [0.15, 0.2) is 0 Å². The van der Waals surface area contributed by atoms with Gasteiger partial charge in [-0.1, -0.05) is 30.3 Å². The van der Waals surface area contributed by atoms with Crippen molar-refractivity contribution in [3.05, 3.63) is 35.9 Å². The van der Waals surface area contributed by atoms with E-state index in [2.05, 4.69) is 5.32 Å². The molecule has 1 atom stereocenters. The van der Waals surface area contributed by atoms with Crippen LogP contribution in [0, 0.1) is 0 Å². The molecule has 5 heteroatoms. The Bertz CT molecular complexity index is 418. The number of hydrogen-bond acceptors (Lipinski definition) is 3. The Labute approximate surface area is 119 Å². The zero-order chi connectivity index (χ0) is 15.2. The average molecular weight is 282 g/mol. The highest BCUT2D eigenvalue weighted by Gasteiger charge is 2.18. The molecule has 0 aliphatic heterocycles. The molecule has 0 aromatic heterocycles. The molecule has 1 unspecified atom stereocenters. The molecule has 0 bridgehead atoms. The quantitative estimate of drug-likeness (QED) is 0.843. The first-order chi connectivity index (χ1) is 9.26. The van der Waals surface area contributed by atoms with Crippen molar-refractivity contribution in [2.45, 2.75) is 45.9 Å². The van der Waals surface area contributed by atoms with E-state index < -0.39 is 11.7 Å². The normalized spacial score (nSPS) is 13.1. The van der Waals surface area contributed by atoms with Crippen LogP contribution in [0.4, 0.5) is 9.28 Å². The molecule has 0 saturated heterocycles. The molecule has 0 fully saturated rings. The summed E-state index contributed by atoms with van der Waals surface area (Å²) in [6, 6.07) is 9.01. The predicted octanol–water partition coefficient (Wildman–Crippen LogP) is 3.29. The van der Waals surface area contributed by atoms with Gasteiger partial charge in [0, 0.05) is 12.6 Å². The molecule has 0 heterocycles. The molecule has 0 radical (unpaired) electrons. The van der Waals surface area contributed by atoms with Gasteiger partial charge >= 0.3 is 6.09 Å². The number of carbonyl (C=O) groups excluding carboxylic acids is 1. The van der Waals surface area contributed by atoms with Crippen LogP contribution in [0.25, 0.3) is 0 Å². The van der Waals surface area contributed by atoms with Crippen molar-refractivity contribution in [1.29, 1.82) is 0 Å². The second-order valence-electron chi connectivity index (χ2n) is 5.84. The number of amides is 1. The number of benzene rings is 1. The maximum Gasteiger partial charge on any atom is 0.407 e. The summed E-state index contributed by atoms with van der Waals surface area (Å²) < 4.78 is 18.9. The Morgan fingerprint density at radius 1 is 1.35 bits per heavy atom. The smallest absolute Gasteiger partial charge is 0.407 e. The van der Waals surface area contributed by atoms with Crippen LogP contribution in [0.1, 0.15) is 33.3 Å². The molecule has 1 aromatic carbocycles. The van der Waals surface area contributed by atoms with Gasteiger partial charge in [0.25, 0.3) is 0 Å². The summed E-state index contributed by atoms with van der Waals surface area (Å²) in [5.41, 5.74) is 0.336. The number of hydrogen-bond donors (Lipinski definition) is 1. The fourth-order valence-electron chi connectivity index (χ4n) is 1.70. The van der Waals surface area contributed by atoms with Gasteiger partial charge in [-0.3, -0.25) is 0 Å². The number of ether oxygens (including phenoxy) is 1. The number of nitrogens with one attached hydrogen (secondary N) is 1. The molecule has 1 aromatic rings. The van der Waals surface area contributed by atoms with Gasteiger partial charge in [-0.25, -0.2) is 4.79 Å². The molecule has 0 aliphatic rings. The van der Waals surface area contributed by atoms with E-state index in [0.29, 0.717) is 5.12 Å². The lowest BCUT2D eigenvalue weighted by Crippen LogP contribution is -2.42. The lowest BCUT2D eigenvalue weighted by molar-refractivity contribution is 0.00450. The summed E-state index contributed by atoms with van der Waals surface area (Å²) in [5.74, 6) is 0. The molecular formula is C15H23FN2O2. The Morgan fingerprint density at radius 2 is 1.95 bits per heavy atom. The molecule has 0 saturated carbocycles. The second kappa shape index (κ2) is 7.24. The SMILES string of the molecule is CC(CN(F)Cc1ccccc1)NC(=O)OC(C)(C)C. The van der Waals surface area contributed by atoms with Crippen molar-refractivity contribution in [1.82, 2.24) is 10.4 Å². The first kappa shape index (κ1) is 16.4. The van der Waals surface area contributed by atoms with Crippen LogP contribution in [-0.2, 0) is 11.3 Å². The van der Waals surface area contributed by atoms with E-state index in [1.165, 1.54) is 0 Å². The number of alkyl carbamates (subject to hydrolysis) is 1. The van der Waals surface area contributed by atoms with Crippen molar-refractivity contribution in [3.63, 3.8) is 0 Å². The van der Waals surface area contributed by atoms with Gasteiger partial charge in [0.1, 0.15) is 5.60 Å². The van der Waals surface area contributed by atoms with E-state index >= 15 is 0 Å². The fraction of sp³-hybridized carbons (Fsp3) is 0.533. The van der Waals surface area contributed by atoms with Crippen LogP contribution in [0.2, 0.25) is 0 Å². The topological polar surface area (TPSA) is 41.6 Å². The molecule has 0 spiro atoms. The van der Waals surface area contributed by atoms with Crippen LogP contribution in [0.3, 0.4) is 0 Å². The van der Waals surface area contributed by atoms with Crippen molar-refractivity contribution < 1.29 is 14.0 Å². The minimum atomic E-state index is -0.552. The van der Waals surface area contributed by atoms with Gasteiger partial charge in [0.05, 0.1) is 6.54 Å². The minimum Gasteiger partial charge on any atom is -0.444 e. The molecule has 4 nitrogen and oxygen atoms in total. The zero-order valence-electron chi connectivity index (χ0n) is 12.5. The lowest BCUT2D eigenvalue weighted by atomic mass is 10.2. The summed E-state index contributed by atoms with van der Waals surface area (Å²) in [6.07, 6.45) is -0.530. The standard InChI is InChI=1S/C15H23FN2O2/c1-12(17-14(19)20-15(2,3)4)10-18(16)11-13-8-6-5-7-9-13/h5-9,12H,10-11H2,1-4H3,(H,17,19). The number of carbonyl (C=O) groups is 1. The first-order valence-electron chi connectivity index (χ1n) is 6.70. The summed E-state index contributed by atoms with van der Waals surface area (Å²) in [4.78, 5) is 11.5. The Hall–Kier alpha value is -1.62. The van der Waals surface area contributed by atoms with Gasteiger partial charge in [-0.05, 0) is 33.3 Å². The average Bonchev–Trinajstić information content (AvgIpc) is 2.26. The molecule has 1 N–H and O–H groups in total. The fourth-order valence-corrected chi connectivity index (χ4v) is 1.70. The van der Waals surface area contributed by atoms with Crippen LogP contribution in [-0.4, -0.2) is 29.4 Å². The third-order valence-electron chi connectivity index (χ3n) is 2.43. The van der Waals surface area contributed by atoms with E-state index in [0.717, 1.165) is 5.56 Å². The Balaban J connectivity index is 2.34. The Kier molecular flexibility index (Phi) is 5.95. The van der Waals surface area contributed by atoms with E-state index in [1.807, 2.05) is 30.3 Å². The highest BCUT2D eigenvalue weighted by atomic mass is 19.2. The highest BCUT2D eigenvalue weighted by molar-refractivity contribution is 5.68. The maximum atomic E-state index is 13.8. The van der Waals surface area contributed by atoms with Crippen molar-refractivity contribution in [2.75, 3.05) is 6.54 Å². The predicted molar refractivity (Wildman–Crippen MR) is 76.8 cm³/mol. The van der Waals surface area contributed by atoms with Gasteiger partial charge in [0.2, 0.25) is 0 Å². The van der Waals surface area contributed by atoms with Crippen molar-refractivity contribution in [2.24, 2.45) is 0 Å². The minimum absolute atomic E-state index is 0.105. The molecular weight excluding hydrogens is 259 g/mol. The second-order valence-corrected chi connectivity index (χ2v) is 5.84. The number of nitrogens with zero attached hydrogens (tertiary/aromatic N) is 1. The summed E-state index contributed by atoms with van der Waals surface area (Å²) in [7, 11) is 0. The molecule has 1 rings (SSSR count). The van der Waals surface area contributed by atoms with E-state index in [9.17, 15) is 9.28 Å². The third-order valence-corrected chi connectivity index (χ3v) is 2.43. The van der Waals surface area contributed by atoms with Crippen LogP contribution in [0.5, 0.6) is 0 Å². The van der Waals surface area contributed by atoms with Gasteiger partial charge in [-0.2, -0.15) is 0 Å². The lowest BCUT2D eigenvalue weighted by Gasteiger charge is -2.23. The third kappa shape index (κ3) is 7.09. The van der Waals surface area contributed by atoms with Crippen molar-refractivity contribution in [3.8, 4) is 0 Å². The van der Waals surface area contributed by atoms with E-state index in [1.54, 1.807) is 27.7 Å². The first-order valence-corrected chi connectivity index (χ1v) is 6.70. The highest BCUT2D eigenvalue weighted by Crippen LogP contribution is 2.08. The molecule has 0 aliphatic carbocycles. The van der Waals surface area contributed by atoms with Crippen LogP contribution < -0.4 is 5.32 Å².